The lowest BCUT2D eigenvalue weighted by atomic mass is 9.84. The summed E-state index contributed by atoms with van der Waals surface area (Å²) in [5.74, 6) is -0.0579. The zero-order valence-electron chi connectivity index (χ0n) is 7.22. The van der Waals surface area contributed by atoms with Crippen molar-refractivity contribution in [2.75, 3.05) is 7.11 Å². The van der Waals surface area contributed by atoms with E-state index >= 15 is 0 Å². The van der Waals surface area contributed by atoms with Gasteiger partial charge in [0, 0.05) is 0 Å². The van der Waals surface area contributed by atoms with E-state index < -0.39 is 0 Å². The van der Waals surface area contributed by atoms with Crippen molar-refractivity contribution in [1.29, 1.82) is 0 Å². The third-order valence-electron chi connectivity index (χ3n) is 2.58. The standard InChI is InChI=1S/C9H15O2/c1-3-9(8(10)11-2)6-4-5-7-9/h6H,3-5,7H2,1-2H3/t9-/m0/s1. The summed E-state index contributed by atoms with van der Waals surface area (Å²) in [4.78, 5) is 11.3. The zero-order valence-corrected chi connectivity index (χ0v) is 7.22. The van der Waals surface area contributed by atoms with Crippen LogP contribution in [0.3, 0.4) is 0 Å². The molecule has 2 heteroatoms. The van der Waals surface area contributed by atoms with Gasteiger partial charge in [-0.25, -0.2) is 0 Å². The second-order valence-corrected chi connectivity index (χ2v) is 3.10. The molecule has 1 atom stereocenters. The normalized spacial score (nSPS) is 21.6. The Balaban J connectivity index is 2.66. The first kappa shape index (κ1) is 8.57. The summed E-state index contributed by atoms with van der Waals surface area (Å²) in [7, 11) is 1.46. The molecule has 0 spiro atoms. The van der Waals surface area contributed by atoms with Crippen LogP contribution >= 0.6 is 0 Å². The minimum atomic E-state index is -0.241. The average Bonchev–Trinajstić information content (AvgIpc) is 2.52. The van der Waals surface area contributed by atoms with Crippen molar-refractivity contribution in [2.24, 2.45) is 5.41 Å². The third kappa shape index (κ3) is 1.39. The van der Waals surface area contributed by atoms with Crippen molar-refractivity contribution in [1.82, 2.24) is 0 Å². The van der Waals surface area contributed by atoms with E-state index in [2.05, 4.69) is 6.42 Å². The average molecular weight is 155 g/mol. The Labute approximate surface area is 67.9 Å². The summed E-state index contributed by atoms with van der Waals surface area (Å²) in [6, 6.07) is 0. The lowest BCUT2D eigenvalue weighted by Crippen LogP contribution is -2.28. The summed E-state index contributed by atoms with van der Waals surface area (Å²) in [5, 5.41) is 0. The van der Waals surface area contributed by atoms with Crippen LogP contribution in [0.2, 0.25) is 0 Å². The summed E-state index contributed by atoms with van der Waals surface area (Å²) in [6.45, 7) is 2.04. The Morgan fingerprint density at radius 2 is 2.45 bits per heavy atom. The Hall–Kier alpha value is -0.530. The summed E-state index contributed by atoms with van der Waals surface area (Å²) in [5.41, 5.74) is -0.241. The molecule has 1 rings (SSSR count). The first-order valence-electron chi connectivity index (χ1n) is 4.18. The smallest absolute Gasteiger partial charge is 0.312 e. The number of esters is 1. The molecule has 1 saturated carbocycles. The Morgan fingerprint density at radius 3 is 2.82 bits per heavy atom. The van der Waals surface area contributed by atoms with Crippen LogP contribution < -0.4 is 0 Å². The number of rotatable bonds is 2. The Morgan fingerprint density at radius 1 is 1.73 bits per heavy atom. The first-order valence-corrected chi connectivity index (χ1v) is 4.18. The number of methoxy groups -OCH3 is 1. The van der Waals surface area contributed by atoms with Crippen molar-refractivity contribution in [3.63, 3.8) is 0 Å². The molecular weight excluding hydrogens is 140 g/mol. The van der Waals surface area contributed by atoms with E-state index in [9.17, 15) is 4.79 Å². The van der Waals surface area contributed by atoms with E-state index in [1.807, 2.05) is 6.92 Å². The van der Waals surface area contributed by atoms with Gasteiger partial charge in [-0.15, -0.1) is 0 Å². The van der Waals surface area contributed by atoms with Crippen LogP contribution in [0.25, 0.3) is 0 Å². The third-order valence-corrected chi connectivity index (χ3v) is 2.58. The molecule has 63 valence electrons. The molecule has 0 aromatic heterocycles. The largest absolute Gasteiger partial charge is 0.469 e. The van der Waals surface area contributed by atoms with Gasteiger partial charge in [0.2, 0.25) is 0 Å². The van der Waals surface area contributed by atoms with Crippen molar-refractivity contribution in [3.05, 3.63) is 6.42 Å². The van der Waals surface area contributed by atoms with Gasteiger partial charge in [-0.3, -0.25) is 4.79 Å². The van der Waals surface area contributed by atoms with Gasteiger partial charge in [0.15, 0.2) is 0 Å². The lowest BCUT2D eigenvalue weighted by Gasteiger charge is -2.22. The van der Waals surface area contributed by atoms with E-state index in [0.29, 0.717) is 0 Å². The van der Waals surface area contributed by atoms with Crippen molar-refractivity contribution >= 4 is 5.97 Å². The van der Waals surface area contributed by atoms with Crippen molar-refractivity contribution in [2.45, 2.75) is 32.6 Å². The van der Waals surface area contributed by atoms with Crippen LogP contribution in [0.4, 0.5) is 0 Å². The highest BCUT2D eigenvalue weighted by atomic mass is 16.5. The minimum Gasteiger partial charge on any atom is -0.469 e. The molecule has 0 bridgehead atoms. The molecular formula is C9H15O2. The molecule has 2 nitrogen and oxygen atoms in total. The molecule has 1 radical (unpaired) electrons. The molecule has 0 N–H and O–H groups in total. The maximum Gasteiger partial charge on any atom is 0.312 e. The predicted octanol–water partition coefficient (Wildman–Crippen LogP) is 1.94. The monoisotopic (exact) mass is 155 g/mol. The van der Waals surface area contributed by atoms with Gasteiger partial charge in [0.05, 0.1) is 12.5 Å². The quantitative estimate of drug-likeness (QED) is 0.570. The van der Waals surface area contributed by atoms with Gasteiger partial charge < -0.3 is 4.74 Å². The number of hydrogen-bond acceptors (Lipinski definition) is 2. The topological polar surface area (TPSA) is 26.3 Å². The van der Waals surface area contributed by atoms with Gasteiger partial charge in [0.25, 0.3) is 0 Å². The van der Waals surface area contributed by atoms with Crippen LogP contribution in [-0.2, 0) is 9.53 Å². The van der Waals surface area contributed by atoms with E-state index in [-0.39, 0.29) is 11.4 Å². The number of carbonyl (C=O) groups excluding carboxylic acids is 1. The maximum absolute atomic E-state index is 11.3. The molecule has 0 unspecified atom stereocenters. The highest BCUT2D eigenvalue weighted by molar-refractivity contribution is 5.78. The predicted molar refractivity (Wildman–Crippen MR) is 42.9 cm³/mol. The fourth-order valence-corrected chi connectivity index (χ4v) is 1.75. The summed E-state index contributed by atoms with van der Waals surface area (Å²) < 4.78 is 4.76. The fraction of sp³-hybridized carbons (Fsp3) is 0.778. The van der Waals surface area contributed by atoms with Crippen LogP contribution in [0.5, 0.6) is 0 Å². The molecule has 0 heterocycles. The van der Waals surface area contributed by atoms with E-state index in [1.54, 1.807) is 0 Å². The molecule has 1 aliphatic rings. The van der Waals surface area contributed by atoms with Gasteiger partial charge in [-0.1, -0.05) is 13.3 Å². The van der Waals surface area contributed by atoms with E-state index in [4.69, 9.17) is 4.74 Å². The van der Waals surface area contributed by atoms with Crippen molar-refractivity contribution < 1.29 is 9.53 Å². The highest BCUT2D eigenvalue weighted by Gasteiger charge is 2.40. The van der Waals surface area contributed by atoms with E-state index in [1.165, 1.54) is 7.11 Å². The van der Waals surface area contributed by atoms with E-state index in [0.717, 1.165) is 25.7 Å². The first-order chi connectivity index (χ1) is 5.25. The number of ether oxygens (including phenoxy) is 1. The SMILES string of the molecule is CC[C@]1(C(=O)OC)[CH]CCC1. The lowest BCUT2D eigenvalue weighted by molar-refractivity contribution is -0.150. The molecule has 0 aliphatic heterocycles. The second-order valence-electron chi connectivity index (χ2n) is 3.10. The molecule has 11 heavy (non-hydrogen) atoms. The van der Waals surface area contributed by atoms with Gasteiger partial charge in [-0.05, 0) is 25.7 Å². The summed E-state index contributed by atoms with van der Waals surface area (Å²) >= 11 is 0. The zero-order chi connectivity index (χ0) is 8.32. The minimum absolute atomic E-state index is 0.0579. The van der Waals surface area contributed by atoms with Crippen LogP contribution in [0.15, 0.2) is 0 Å². The highest BCUT2D eigenvalue weighted by Crippen LogP contribution is 2.40. The molecule has 0 aromatic rings. The van der Waals surface area contributed by atoms with Crippen molar-refractivity contribution in [3.8, 4) is 0 Å². The Bertz CT molecular complexity index is 146. The fourth-order valence-electron chi connectivity index (χ4n) is 1.75. The van der Waals surface area contributed by atoms with Crippen LogP contribution in [-0.4, -0.2) is 13.1 Å². The molecule has 0 saturated heterocycles. The second kappa shape index (κ2) is 3.24. The number of carbonyl (C=O) groups is 1. The molecule has 1 aliphatic carbocycles. The summed E-state index contributed by atoms with van der Waals surface area (Å²) in [6.07, 6.45) is 6.14. The molecule has 0 amide bonds. The maximum atomic E-state index is 11.3. The Kier molecular flexibility index (Phi) is 2.53. The van der Waals surface area contributed by atoms with Gasteiger partial charge >= 0.3 is 5.97 Å². The van der Waals surface area contributed by atoms with Gasteiger partial charge in [0.1, 0.15) is 0 Å². The van der Waals surface area contributed by atoms with Crippen LogP contribution in [0.1, 0.15) is 32.6 Å². The molecule has 0 aromatic carbocycles. The molecule has 1 fully saturated rings. The number of hydrogen-bond donors (Lipinski definition) is 0. The van der Waals surface area contributed by atoms with Crippen LogP contribution in [0, 0.1) is 11.8 Å². The van der Waals surface area contributed by atoms with Gasteiger partial charge in [-0.2, -0.15) is 0 Å².